The molecule has 0 bridgehead atoms. The molecular formula is C13H7F2N3O3S. The predicted octanol–water partition coefficient (Wildman–Crippen LogP) is 2.68. The third-order valence-electron chi connectivity index (χ3n) is 2.79. The Hall–Kier alpha value is -2.81. The van der Waals surface area contributed by atoms with E-state index in [1.54, 1.807) is 0 Å². The molecule has 112 valence electrons. The van der Waals surface area contributed by atoms with Crippen LogP contribution in [0.15, 0.2) is 29.6 Å². The number of aromatic hydroxyl groups is 1. The van der Waals surface area contributed by atoms with Gasteiger partial charge < -0.3 is 10.2 Å². The van der Waals surface area contributed by atoms with E-state index in [-0.39, 0.29) is 28.0 Å². The minimum atomic E-state index is -1.22. The standard InChI is InChI=1S/C13H7F2N3O3S/c14-6-1-2-8(15)7(3-6)9-4-11(19)18(17-9)13-16-10(5-22-13)12(20)21/h1-5,19H,(H,20,21). The van der Waals surface area contributed by atoms with Crippen LogP contribution in [-0.2, 0) is 0 Å². The van der Waals surface area contributed by atoms with E-state index in [1.807, 2.05) is 0 Å². The van der Waals surface area contributed by atoms with Gasteiger partial charge in [-0.3, -0.25) is 0 Å². The summed E-state index contributed by atoms with van der Waals surface area (Å²) in [6.07, 6.45) is 0. The molecule has 0 aliphatic heterocycles. The number of halogens is 2. The Kier molecular flexibility index (Phi) is 3.33. The molecular weight excluding hydrogens is 316 g/mol. The zero-order valence-corrected chi connectivity index (χ0v) is 11.5. The van der Waals surface area contributed by atoms with Crippen LogP contribution in [0.4, 0.5) is 8.78 Å². The number of carboxylic acids is 1. The third kappa shape index (κ3) is 2.42. The fourth-order valence-electron chi connectivity index (χ4n) is 1.80. The van der Waals surface area contributed by atoms with Crippen LogP contribution in [0.5, 0.6) is 5.88 Å². The molecule has 0 radical (unpaired) electrons. The van der Waals surface area contributed by atoms with Crippen LogP contribution in [0.3, 0.4) is 0 Å². The van der Waals surface area contributed by atoms with Crippen molar-refractivity contribution in [1.82, 2.24) is 14.8 Å². The second kappa shape index (κ2) is 5.19. The fraction of sp³-hybridized carbons (Fsp3) is 0. The van der Waals surface area contributed by atoms with E-state index in [4.69, 9.17) is 5.11 Å². The second-order valence-electron chi connectivity index (χ2n) is 4.24. The van der Waals surface area contributed by atoms with Gasteiger partial charge in [0.25, 0.3) is 0 Å². The van der Waals surface area contributed by atoms with Crippen molar-refractivity contribution in [3.05, 3.63) is 47.0 Å². The fourth-order valence-corrected chi connectivity index (χ4v) is 2.55. The maximum Gasteiger partial charge on any atom is 0.355 e. The predicted molar refractivity (Wildman–Crippen MR) is 73.2 cm³/mol. The molecule has 1 aromatic carbocycles. The van der Waals surface area contributed by atoms with Crippen LogP contribution in [0, 0.1) is 11.6 Å². The van der Waals surface area contributed by atoms with Crippen LogP contribution in [0.1, 0.15) is 10.5 Å². The molecule has 3 aromatic rings. The van der Waals surface area contributed by atoms with E-state index in [0.29, 0.717) is 0 Å². The number of nitrogens with zero attached hydrogens (tertiary/aromatic N) is 3. The molecule has 0 unspecified atom stereocenters. The van der Waals surface area contributed by atoms with Gasteiger partial charge in [-0.2, -0.15) is 9.78 Å². The molecule has 0 fully saturated rings. The second-order valence-corrected chi connectivity index (χ2v) is 5.08. The Labute approximate surface area is 125 Å². The molecule has 0 saturated carbocycles. The van der Waals surface area contributed by atoms with Gasteiger partial charge in [-0.15, -0.1) is 11.3 Å². The van der Waals surface area contributed by atoms with Crippen molar-refractivity contribution in [2.45, 2.75) is 0 Å². The van der Waals surface area contributed by atoms with E-state index >= 15 is 0 Å². The first-order chi connectivity index (χ1) is 10.5. The number of hydrogen-bond donors (Lipinski definition) is 2. The number of carboxylic acid groups (broad SMARTS) is 1. The first kappa shape index (κ1) is 14.1. The van der Waals surface area contributed by atoms with Crippen LogP contribution < -0.4 is 0 Å². The number of hydrogen-bond acceptors (Lipinski definition) is 5. The quantitative estimate of drug-likeness (QED) is 0.773. The van der Waals surface area contributed by atoms with Crippen LogP contribution in [-0.4, -0.2) is 30.9 Å². The lowest BCUT2D eigenvalue weighted by molar-refractivity contribution is 0.0691. The number of thiazole rings is 1. The zero-order chi connectivity index (χ0) is 15.9. The zero-order valence-electron chi connectivity index (χ0n) is 10.7. The van der Waals surface area contributed by atoms with E-state index in [9.17, 15) is 18.7 Å². The number of rotatable bonds is 3. The van der Waals surface area contributed by atoms with Crippen molar-refractivity contribution < 1.29 is 23.8 Å². The summed E-state index contributed by atoms with van der Waals surface area (Å²) in [6.45, 7) is 0. The average Bonchev–Trinajstić information content (AvgIpc) is 3.08. The molecule has 9 heteroatoms. The summed E-state index contributed by atoms with van der Waals surface area (Å²) in [6, 6.07) is 4.01. The molecule has 0 atom stereocenters. The molecule has 2 N–H and O–H groups in total. The van der Waals surface area contributed by atoms with Crippen molar-refractivity contribution >= 4 is 17.3 Å². The van der Waals surface area contributed by atoms with Crippen LogP contribution in [0.25, 0.3) is 16.4 Å². The Balaban J connectivity index is 2.07. The summed E-state index contributed by atoms with van der Waals surface area (Å²) in [5.41, 5.74) is -0.320. The van der Waals surface area contributed by atoms with Gasteiger partial charge in [0, 0.05) is 17.0 Å². The summed E-state index contributed by atoms with van der Waals surface area (Å²) in [4.78, 5) is 14.6. The van der Waals surface area contributed by atoms with Gasteiger partial charge in [0.2, 0.25) is 11.0 Å². The van der Waals surface area contributed by atoms with Crippen molar-refractivity contribution in [3.8, 4) is 22.3 Å². The normalized spacial score (nSPS) is 10.8. The third-order valence-corrected chi connectivity index (χ3v) is 3.60. The molecule has 22 heavy (non-hydrogen) atoms. The smallest absolute Gasteiger partial charge is 0.355 e. The van der Waals surface area contributed by atoms with Gasteiger partial charge in [-0.1, -0.05) is 0 Å². The van der Waals surface area contributed by atoms with Gasteiger partial charge in [-0.05, 0) is 18.2 Å². The molecule has 0 aliphatic carbocycles. The monoisotopic (exact) mass is 323 g/mol. The van der Waals surface area contributed by atoms with Gasteiger partial charge in [-0.25, -0.2) is 18.6 Å². The summed E-state index contributed by atoms with van der Waals surface area (Å²) >= 11 is 0.942. The Morgan fingerprint density at radius 3 is 2.73 bits per heavy atom. The molecule has 0 saturated heterocycles. The largest absolute Gasteiger partial charge is 0.493 e. The maximum absolute atomic E-state index is 13.7. The molecule has 0 amide bonds. The van der Waals surface area contributed by atoms with Crippen molar-refractivity contribution in [2.24, 2.45) is 0 Å². The molecule has 3 rings (SSSR count). The molecule has 0 aliphatic rings. The number of benzene rings is 1. The topological polar surface area (TPSA) is 88.2 Å². The summed E-state index contributed by atoms with van der Waals surface area (Å²) in [5.74, 6) is -2.93. The van der Waals surface area contributed by atoms with Gasteiger partial charge in [0.1, 0.15) is 11.6 Å². The van der Waals surface area contributed by atoms with Crippen molar-refractivity contribution in [3.63, 3.8) is 0 Å². The van der Waals surface area contributed by atoms with E-state index in [1.165, 1.54) is 5.38 Å². The van der Waals surface area contributed by atoms with Crippen LogP contribution in [0.2, 0.25) is 0 Å². The number of aromatic nitrogens is 3. The summed E-state index contributed by atoms with van der Waals surface area (Å²) in [5, 5.41) is 24.0. The highest BCUT2D eigenvalue weighted by Crippen LogP contribution is 2.28. The number of carbonyl (C=O) groups is 1. The highest BCUT2D eigenvalue weighted by atomic mass is 32.1. The minimum Gasteiger partial charge on any atom is -0.493 e. The lowest BCUT2D eigenvalue weighted by Gasteiger charge is -1.99. The lowest BCUT2D eigenvalue weighted by Crippen LogP contribution is -2.00. The van der Waals surface area contributed by atoms with E-state index in [2.05, 4.69) is 10.1 Å². The first-order valence-corrected chi connectivity index (χ1v) is 6.77. The highest BCUT2D eigenvalue weighted by molar-refractivity contribution is 7.12. The van der Waals surface area contributed by atoms with Crippen molar-refractivity contribution in [1.29, 1.82) is 0 Å². The SMILES string of the molecule is O=C(O)c1csc(-n2nc(-c3cc(F)ccc3F)cc2O)n1. The lowest BCUT2D eigenvalue weighted by atomic mass is 10.1. The summed E-state index contributed by atoms with van der Waals surface area (Å²) in [7, 11) is 0. The molecule has 2 heterocycles. The number of aromatic carboxylic acids is 1. The van der Waals surface area contributed by atoms with Crippen molar-refractivity contribution in [2.75, 3.05) is 0 Å². The van der Waals surface area contributed by atoms with Crippen LogP contribution >= 0.6 is 11.3 Å². The minimum absolute atomic E-state index is 0.00146. The van der Waals surface area contributed by atoms with E-state index in [0.717, 1.165) is 40.3 Å². The molecule has 6 nitrogen and oxygen atoms in total. The first-order valence-electron chi connectivity index (χ1n) is 5.89. The molecule has 2 aromatic heterocycles. The summed E-state index contributed by atoms with van der Waals surface area (Å²) < 4.78 is 27.9. The highest BCUT2D eigenvalue weighted by Gasteiger charge is 2.17. The maximum atomic E-state index is 13.7. The molecule has 0 spiro atoms. The average molecular weight is 323 g/mol. The van der Waals surface area contributed by atoms with E-state index < -0.39 is 17.6 Å². The van der Waals surface area contributed by atoms with Gasteiger partial charge in [0.05, 0.1) is 5.69 Å². The van der Waals surface area contributed by atoms with Gasteiger partial charge >= 0.3 is 5.97 Å². The Morgan fingerprint density at radius 1 is 1.27 bits per heavy atom. The van der Waals surface area contributed by atoms with Gasteiger partial charge in [0.15, 0.2) is 5.69 Å². The Morgan fingerprint density at radius 2 is 2.05 bits per heavy atom. The Bertz CT molecular complexity index is 875.